The molecular formula is C13H22N4O. The van der Waals surface area contributed by atoms with E-state index in [0.717, 1.165) is 24.6 Å². The van der Waals surface area contributed by atoms with E-state index in [4.69, 9.17) is 10.9 Å². The van der Waals surface area contributed by atoms with Crippen LogP contribution in [0.5, 0.6) is 0 Å². The van der Waals surface area contributed by atoms with Crippen molar-refractivity contribution in [2.45, 2.75) is 27.7 Å². The standard InChI is InChI=1S/C13H22N4O/c1-5-17(8-9(2)3)12-7-11(13(14)16-18)6-10(4)15-12/h6-7,9,18H,5,8H2,1-4H3,(H2,14,16). The molecule has 0 aliphatic heterocycles. The first kappa shape index (κ1) is 14.3. The van der Waals surface area contributed by atoms with Crippen LogP contribution in [0.3, 0.4) is 0 Å². The van der Waals surface area contributed by atoms with E-state index in [-0.39, 0.29) is 5.84 Å². The molecule has 100 valence electrons. The normalized spacial score (nSPS) is 11.9. The summed E-state index contributed by atoms with van der Waals surface area (Å²) in [6.45, 7) is 10.1. The molecule has 0 spiro atoms. The Kier molecular flexibility index (Phi) is 4.95. The summed E-state index contributed by atoms with van der Waals surface area (Å²) in [6, 6.07) is 3.66. The van der Waals surface area contributed by atoms with E-state index in [9.17, 15) is 0 Å². The van der Waals surface area contributed by atoms with Crippen molar-refractivity contribution in [2.24, 2.45) is 16.8 Å². The summed E-state index contributed by atoms with van der Waals surface area (Å²) < 4.78 is 0. The quantitative estimate of drug-likeness (QED) is 0.362. The Morgan fingerprint density at radius 1 is 1.50 bits per heavy atom. The van der Waals surface area contributed by atoms with Crippen LogP contribution in [0.4, 0.5) is 5.82 Å². The third kappa shape index (κ3) is 3.61. The van der Waals surface area contributed by atoms with Crippen LogP contribution in [-0.2, 0) is 0 Å². The largest absolute Gasteiger partial charge is 0.409 e. The fourth-order valence-electron chi connectivity index (χ4n) is 1.84. The van der Waals surface area contributed by atoms with Crippen LogP contribution in [0.25, 0.3) is 0 Å². The SMILES string of the molecule is CCN(CC(C)C)c1cc(/C(N)=N/O)cc(C)n1. The number of nitrogens with two attached hydrogens (primary N) is 1. The Labute approximate surface area is 108 Å². The van der Waals surface area contributed by atoms with Gasteiger partial charge >= 0.3 is 0 Å². The van der Waals surface area contributed by atoms with Crippen molar-refractivity contribution >= 4 is 11.7 Å². The summed E-state index contributed by atoms with van der Waals surface area (Å²) >= 11 is 0. The van der Waals surface area contributed by atoms with Crippen LogP contribution in [0.15, 0.2) is 17.3 Å². The average Bonchev–Trinajstić information content (AvgIpc) is 2.33. The van der Waals surface area contributed by atoms with Gasteiger partial charge in [-0.2, -0.15) is 0 Å². The molecule has 1 aromatic heterocycles. The highest BCUT2D eigenvalue weighted by Crippen LogP contribution is 2.16. The second kappa shape index (κ2) is 6.23. The molecule has 18 heavy (non-hydrogen) atoms. The highest BCUT2D eigenvalue weighted by atomic mass is 16.4. The summed E-state index contributed by atoms with van der Waals surface area (Å²) in [5.41, 5.74) is 7.18. The number of amidine groups is 1. The summed E-state index contributed by atoms with van der Waals surface area (Å²) in [6.07, 6.45) is 0. The Morgan fingerprint density at radius 2 is 2.17 bits per heavy atom. The first-order valence-electron chi connectivity index (χ1n) is 6.19. The predicted octanol–water partition coefficient (Wildman–Crippen LogP) is 1.97. The first-order chi connectivity index (χ1) is 8.47. The monoisotopic (exact) mass is 250 g/mol. The summed E-state index contributed by atoms with van der Waals surface area (Å²) in [5, 5.41) is 11.8. The molecule has 0 saturated heterocycles. The van der Waals surface area contributed by atoms with Crippen LogP contribution in [0.1, 0.15) is 32.0 Å². The van der Waals surface area contributed by atoms with E-state index in [1.54, 1.807) is 0 Å². The van der Waals surface area contributed by atoms with E-state index in [1.807, 2.05) is 19.1 Å². The van der Waals surface area contributed by atoms with Crippen molar-refractivity contribution in [1.82, 2.24) is 4.98 Å². The zero-order chi connectivity index (χ0) is 13.7. The van der Waals surface area contributed by atoms with Crippen molar-refractivity contribution < 1.29 is 5.21 Å². The van der Waals surface area contributed by atoms with Crippen molar-refractivity contribution in [3.63, 3.8) is 0 Å². The summed E-state index contributed by atoms with van der Waals surface area (Å²) in [5.74, 6) is 1.54. The van der Waals surface area contributed by atoms with E-state index in [0.29, 0.717) is 11.5 Å². The molecule has 0 aromatic carbocycles. The molecule has 5 heteroatoms. The number of hydrogen-bond donors (Lipinski definition) is 2. The highest BCUT2D eigenvalue weighted by molar-refractivity contribution is 5.97. The first-order valence-corrected chi connectivity index (χ1v) is 6.19. The van der Waals surface area contributed by atoms with Gasteiger partial charge in [-0.25, -0.2) is 4.98 Å². The molecule has 0 bridgehead atoms. The van der Waals surface area contributed by atoms with Gasteiger partial charge in [-0.05, 0) is 31.9 Å². The number of rotatable bonds is 5. The topological polar surface area (TPSA) is 74.7 Å². The van der Waals surface area contributed by atoms with Gasteiger partial charge in [0.15, 0.2) is 5.84 Å². The molecule has 5 nitrogen and oxygen atoms in total. The van der Waals surface area contributed by atoms with Crippen molar-refractivity contribution in [3.05, 3.63) is 23.4 Å². The van der Waals surface area contributed by atoms with Gasteiger partial charge in [-0.15, -0.1) is 0 Å². The molecule has 0 saturated carbocycles. The Bertz CT molecular complexity index is 429. The van der Waals surface area contributed by atoms with Crippen molar-refractivity contribution in [1.29, 1.82) is 0 Å². The maximum absolute atomic E-state index is 8.74. The van der Waals surface area contributed by atoms with Gasteiger partial charge in [0.1, 0.15) is 5.82 Å². The van der Waals surface area contributed by atoms with Gasteiger partial charge in [-0.1, -0.05) is 19.0 Å². The molecule has 1 heterocycles. The average molecular weight is 250 g/mol. The Morgan fingerprint density at radius 3 is 2.67 bits per heavy atom. The summed E-state index contributed by atoms with van der Waals surface area (Å²) in [4.78, 5) is 6.69. The Balaban J connectivity index is 3.11. The minimum absolute atomic E-state index is 0.113. The van der Waals surface area contributed by atoms with E-state index in [2.05, 4.69) is 35.8 Å². The molecule has 1 rings (SSSR count). The molecule has 3 N–H and O–H groups in total. The minimum Gasteiger partial charge on any atom is -0.409 e. The lowest BCUT2D eigenvalue weighted by Gasteiger charge is -2.24. The number of nitrogens with zero attached hydrogens (tertiary/aromatic N) is 3. The number of pyridine rings is 1. The van der Waals surface area contributed by atoms with Crippen LogP contribution in [0.2, 0.25) is 0 Å². The second-order valence-electron chi connectivity index (χ2n) is 4.77. The van der Waals surface area contributed by atoms with E-state index >= 15 is 0 Å². The van der Waals surface area contributed by atoms with Crippen LogP contribution >= 0.6 is 0 Å². The van der Waals surface area contributed by atoms with Crippen LogP contribution in [-0.4, -0.2) is 29.1 Å². The number of aryl methyl sites for hydroxylation is 1. The smallest absolute Gasteiger partial charge is 0.170 e. The Hall–Kier alpha value is -1.78. The van der Waals surface area contributed by atoms with Crippen LogP contribution in [0, 0.1) is 12.8 Å². The number of oxime groups is 1. The predicted molar refractivity (Wildman–Crippen MR) is 74.2 cm³/mol. The molecular weight excluding hydrogens is 228 g/mol. The molecule has 0 radical (unpaired) electrons. The lowest BCUT2D eigenvalue weighted by molar-refractivity contribution is 0.318. The molecule has 0 fully saturated rings. The molecule has 0 unspecified atom stereocenters. The minimum atomic E-state index is 0.113. The number of anilines is 1. The number of aromatic nitrogens is 1. The van der Waals surface area contributed by atoms with Gasteiger partial charge in [-0.3, -0.25) is 0 Å². The maximum atomic E-state index is 8.74. The third-order valence-corrected chi connectivity index (χ3v) is 2.63. The number of hydrogen-bond acceptors (Lipinski definition) is 4. The zero-order valence-electron chi connectivity index (χ0n) is 11.5. The van der Waals surface area contributed by atoms with Crippen LogP contribution < -0.4 is 10.6 Å². The highest BCUT2D eigenvalue weighted by Gasteiger charge is 2.11. The maximum Gasteiger partial charge on any atom is 0.170 e. The molecule has 0 atom stereocenters. The van der Waals surface area contributed by atoms with E-state index < -0.39 is 0 Å². The fraction of sp³-hybridized carbons (Fsp3) is 0.538. The third-order valence-electron chi connectivity index (χ3n) is 2.63. The van der Waals surface area contributed by atoms with Gasteiger partial charge in [0, 0.05) is 24.3 Å². The molecule has 0 aliphatic carbocycles. The van der Waals surface area contributed by atoms with Crippen molar-refractivity contribution in [3.8, 4) is 0 Å². The second-order valence-corrected chi connectivity index (χ2v) is 4.77. The summed E-state index contributed by atoms with van der Waals surface area (Å²) in [7, 11) is 0. The zero-order valence-corrected chi connectivity index (χ0v) is 11.5. The molecule has 0 aliphatic rings. The van der Waals surface area contributed by atoms with Gasteiger partial charge in [0.2, 0.25) is 0 Å². The lowest BCUT2D eigenvalue weighted by Crippen LogP contribution is -2.28. The van der Waals surface area contributed by atoms with Gasteiger partial charge in [0.25, 0.3) is 0 Å². The fourth-order valence-corrected chi connectivity index (χ4v) is 1.84. The van der Waals surface area contributed by atoms with Gasteiger partial charge in [0.05, 0.1) is 0 Å². The van der Waals surface area contributed by atoms with E-state index in [1.165, 1.54) is 0 Å². The van der Waals surface area contributed by atoms with Gasteiger partial charge < -0.3 is 15.8 Å². The van der Waals surface area contributed by atoms with Crippen molar-refractivity contribution in [2.75, 3.05) is 18.0 Å². The molecule has 0 amide bonds. The molecule has 1 aromatic rings. The lowest BCUT2D eigenvalue weighted by atomic mass is 10.1.